The van der Waals surface area contributed by atoms with Gasteiger partial charge in [-0.2, -0.15) is 18.4 Å². The lowest BCUT2D eigenvalue weighted by Gasteiger charge is -2.28. The van der Waals surface area contributed by atoms with Crippen molar-refractivity contribution in [2.24, 2.45) is 5.41 Å². The molecule has 1 unspecified atom stereocenters. The van der Waals surface area contributed by atoms with E-state index in [1.54, 1.807) is 33.8 Å². The zero-order valence-electron chi connectivity index (χ0n) is 11.8. The molecule has 110 valence electrons. The SMILES string of the molecule is Cc1cc(C#N)c(C(F)(F)F)cc1NC(O)C(C)(C)C. The summed E-state index contributed by atoms with van der Waals surface area (Å²) in [5.74, 6) is 0. The lowest BCUT2D eigenvalue weighted by atomic mass is 9.93. The number of rotatable bonds is 2. The van der Waals surface area contributed by atoms with E-state index in [0.717, 1.165) is 6.07 Å². The van der Waals surface area contributed by atoms with Crippen molar-refractivity contribution >= 4 is 5.69 Å². The molecule has 0 saturated carbocycles. The fourth-order valence-corrected chi connectivity index (χ4v) is 1.55. The first kappa shape index (κ1) is 16.3. The van der Waals surface area contributed by atoms with Crippen LogP contribution in [0.15, 0.2) is 12.1 Å². The van der Waals surface area contributed by atoms with Crippen molar-refractivity contribution in [2.75, 3.05) is 5.32 Å². The van der Waals surface area contributed by atoms with E-state index in [9.17, 15) is 18.3 Å². The summed E-state index contributed by atoms with van der Waals surface area (Å²) >= 11 is 0. The quantitative estimate of drug-likeness (QED) is 0.816. The number of benzene rings is 1. The lowest BCUT2D eigenvalue weighted by Crippen LogP contribution is -2.33. The minimum atomic E-state index is -4.61. The van der Waals surface area contributed by atoms with Crippen molar-refractivity contribution in [2.45, 2.75) is 40.1 Å². The average Bonchev–Trinajstić information content (AvgIpc) is 2.28. The van der Waals surface area contributed by atoms with Gasteiger partial charge in [0.05, 0.1) is 17.2 Å². The summed E-state index contributed by atoms with van der Waals surface area (Å²) in [4.78, 5) is 0. The molecule has 0 amide bonds. The number of hydrogen-bond donors (Lipinski definition) is 2. The highest BCUT2D eigenvalue weighted by Crippen LogP contribution is 2.35. The van der Waals surface area contributed by atoms with Crippen LogP contribution in [-0.2, 0) is 6.18 Å². The first-order valence-corrected chi connectivity index (χ1v) is 6.03. The molecule has 0 heterocycles. The van der Waals surface area contributed by atoms with E-state index in [-0.39, 0.29) is 5.69 Å². The molecule has 2 N–H and O–H groups in total. The van der Waals surface area contributed by atoms with E-state index >= 15 is 0 Å². The maximum absolute atomic E-state index is 12.9. The number of aliphatic hydroxyl groups excluding tert-OH is 1. The average molecular weight is 286 g/mol. The second-order valence-electron chi connectivity index (χ2n) is 5.74. The predicted octanol–water partition coefficient (Wildman–Crippen LogP) is 3.66. The molecule has 1 aromatic rings. The molecular weight excluding hydrogens is 269 g/mol. The molecule has 0 aliphatic heterocycles. The first-order chi connectivity index (χ1) is 8.96. The predicted molar refractivity (Wildman–Crippen MR) is 70.0 cm³/mol. The molecule has 6 heteroatoms. The highest BCUT2D eigenvalue weighted by atomic mass is 19.4. The van der Waals surface area contributed by atoms with Crippen molar-refractivity contribution in [1.29, 1.82) is 5.26 Å². The van der Waals surface area contributed by atoms with Crippen molar-refractivity contribution in [3.05, 3.63) is 28.8 Å². The van der Waals surface area contributed by atoms with Gasteiger partial charge in [0.15, 0.2) is 0 Å². The standard InChI is InChI=1S/C14H17F3N2O/c1-8-5-9(7-18)10(14(15,16)17)6-11(8)19-12(20)13(2,3)4/h5-6,12,19-20H,1-4H3. The van der Waals surface area contributed by atoms with Crippen LogP contribution >= 0.6 is 0 Å². The van der Waals surface area contributed by atoms with Crippen molar-refractivity contribution in [1.82, 2.24) is 0 Å². The number of aryl methyl sites for hydroxylation is 1. The molecule has 0 bridgehead atoms. The monoisotopic (exact) mass is 286 g/mol. The summed E-state index contributed by atoms with van der Waals surface area (Å²) < 4.78 is 38.6. The summed E-state index contributed by atoms with van der Waals surface area (Å²) in [7, 11) is 0. The van der Waals surface area contributed by atoms with Crippen LogP contribution in [0.2, 0.25) is 0 Å². The van der Waals surface area contributed by atoms with E-state index in [2.05, 4.69) is 5.32 Å². The molecule has 3 nitrogen and oxygen atoms in total. The van der Waals surface area contributed by atoms with Gasteiger partial charge in [-0.25, -0.2) is 0 Å². The minimum absolute atomic E-state index is 0.166. The summed E-state index contributed by atoms with van der Waals surface area (Å²) in [6.45, 7) is 6.86. The number of anilines is 1. The molecule has 1 aromatic carbocycles. The van der Waals surface area contributed by atoms with E-state index in [0.29, 0.717) is 5.56 Å². The fourth-order valence-electron chi connectivity index (χ4n) is 1.55. The smallest absolute Gasteiger partial charge is 0.373 e. The van der Waals surface area contributed by atoms with Gasteiger partial charge in [0, 0.05) is 11.1 Å². The molecule has 1 atom stereocenters. The Morgan fingerprint density at radius 3 is 2.20 bits per heavy atom. The number of halogens is 3. The van der Waals surface area contributed by atoms with Gasteiger partial charge in [0.2, 0.25) is 0 Å². The normalized spacial score (nSPS) is 13.8. The molecule has 0 spiro atoms. The highest BCUT2D eigenvalue weighted by Gasteiger charge is 2.34. The lowest BCUT2D eigenvalue weighted by molar-refractivity contribution is -0.137. The molecular formula is C14H17F3N2O. The number of nitriles is 1. The third-order valence-electron chi connectivity index (χ3n) is 2.90. The topological polar surface area (TPSA) is 56.0 Å². The molecule has 20 heavy (non-hydrogen) atoms. The number of aliphatic hydroxyl groups is 1. The maximum Gasteiger partial charge on any atom is 0.417 e. The molecule has 0 aromatic heterocycles. The Bertz CT molecular complexity index is 539. The first-order valence-electron chi connectivity index (χ1n) is 6.03. The van der Waals surface area contributed by atoms with Crippen LogP contribution in [0.3, 0.4) is 0 Å². The van der Waals surface area contributed by atoms with Gasteiger partial charge in [-0.3, -0.25) is 0 Å². The molecule has 0 aliphatic carbocycles. The third kappa shape index (κ3) is 3.64. The van der Waals surface area contributed by atoms with Crippen LogP contribution in [0.25, 0.3) is 0 Å². The largest absolute Gasteiger partial charge is 0.417 e. The van der Waals surface area contributed by atoms with Crippen molar-refractivity contribution < 1.29 is 18.3 Å². The Hall–Kier alpha value is -1.74. The molecule has 0 aliphatic rings. The van der Waals surface area contributed by atoms with Gasteiger partial charge in [-0.1, -0.05) is 20.8 Å². The Morgan fingerprint density at radius 2 is 1.80 bits per heavy atom. The van der Waals surface area contributed by atoms with Gasteiger partial charge < -0.3 is 10.4 Å². The Kier molecular flexibility index (Phi) is 4.35. The minimum Gasteiger partial charge on any atom is -0.373 e. The Balaban J connectivity index is 3.27. The molecule has 1 rings (SSSR count). The second-order valence-corrected chi connectivity index (χ2v) is 5.74. The van der Waals surface area contributed by atoms with Crippen LogP contribution in [0.1, 0.15) is 37.5 Å². The number of alkyl halides is 3. The van der Waals surface area contributed by atoms with E-state index in [1.807, 2.05) is 0 Å². The highest BCUT2D eigenvalue weighted by molar-refractivity contribution is 5.58. The number of nitrogens with zero attached hydrogens (tertiary/aromatic N) is 1. The molecule has 0 fully saturated rings. The van der Waals surface area contributed by atoms with Gasteiger partial charge in [-0.05, 0) is 24.6 Å². The zero-order valence-corrected chi connectivity index (χ0v) is 11.8. The van der Waals surface area contributed by atoms with Gasteiger partial charge in [0.25, 0.3) is 0 Å². The van der Waals surface area contributed by atoms with Crippen LogP contribution in [0.5, 0.6) is 0 Å². The Labute approximate surface area is 116 Å². The van der Waals surface area contributed by atoms with Gasteiger partial charge >= 0.3 is 6.18 Å². The summed E-state index contributed by atoms with van der Waals surface area (Å²) in [5.41, 5.74) is -1.32. The second kappa shape index (κ2) is 5.33. The zero-order chi connectivity index (χ0) is 15.7. The summed E-state index contributed by atoms with van der Waals surface area (Å²) in [5, 5.41) is 21.4. The van der Waals surface area contributed by atoms with E-state index in [1.165, 1.54) is 6.07 Å². The van der Waals surface area contributed by atoms with Crippen molar-refractivity contribution in [3.8, 4) is 6.07 Å². The van der Waals surface area contributed by atoms with Crippen LogP contribution in [-0.4, -0.2) is 11.3 Å². The number of hydrogen-bond acceptors (Lipinski definition) is 3. The molecule has 0 saturated heterocycles. The van der Waals surface area contributed by atoms with Gasteiger partial charge in [0.1, 0.15) is 6.23 Å². The number of nitrogens with one attached hydrogen (secondary N) is 1. The van der Waals surface area contributed by atoms with E-state index < -0.39 is 28.9 Å². The van der Waals surface area contributed by atoms with Gasteiger partial charge in [-0.15, -0.1) is 0 Å². The summed E-state index contributed by atoms with van der Waals surface area (Å²) in [6.07, 6.45) is -5.61. The molecule has 0 radical (unpaired) electrons. The maximum atomic E-state index is 12.9. The van der Waals surface area contributed by atoms with Crippen LogP contribution in [0, 0.1) is 23.7 Å². The Morgan fingerprint density at radius 1 is 1.25 bits per heavy atom. The third-order valence-corrected chi connectivity index (χ3v) is 2.90. The van der Waals surface area contributed by atoms with E-state index in [4.69, 9.17) is 5.26 Å². The summed E-state index contributed by atoms with van der Waals surface area (Å²) in [6, 6.07) is 3.57. The van der Waals surface area contributed by atoms with Crippen LogP contribution in [0.4, 0.5) is 18.9 Å². The van der Waals surface area contributed by atoms with Crippen LogP contribution < -0.4 is 5.32 Å². The fraction of sp³-hybridized carbons (Fsp3) is 0.500. The van der Waals surface area contributed by atoms with Crippen molar-refractivity contribution in [3.63, 3.8) is 0 Å².